The van der Waals surface area contributed by atoms with Gasteiger partial charge in [-0.3, -0.25) is 4.79 Å². The molecule has 0 saturated heterocycles. The molecule has 1 aliphatic rings. The number of hydrogen-bond acceptors (Lipinski definition) is 4. The quantitative estimate of drug-likeness (QED) is 0.729. The average Bonchev–Trinajstić information content (AvgIpc) is 3.47. The summed E-state index contributed by atoms with van der Waals surface area (Å²) in [6.07, 6.45) is 3.39. The lowest BCUT2D eigenvalue weighted by Gasteiger charge is -2.20. The van der Waals surface area contributed by atoms with E-state index in [1.54, 1.807) is 20.2 Å². The first-order chi connectivity index (χ1) is 13.1. The van der Waals surface area contributed by atoms with Crippen LogP contribution in [-0.4, -0.2) is 46.0 Å². The summed E-state index contributed by atoms with van der Waals surface area (Å²) in [5, 5.41) is 10.5. The van der Waals surface area contributed by atoms with Gasteiger partial charge in [-0.15, -0.1) is 0 Å². The van der Waals surface area contributed by atoms with Gasteiger partial charge in [0.2, 0.25) is 0 Å². The van der Waals surface area contributed by atoms with E-state index in [0.29, 0.717) is 22.9 Å². The third-order valence-electron chi connectivity index (χ3n) is 4.99. The lowest BCUT2D eigenvalue weighted by molar-refractivity contribution is 0.0677. The number of carbonyl (C=O) groups is 1. The van der Waals surface area contributed by atoms with Gasteiger partial charge in [0.05, 0.1) is 25.3 Å². The number of amides is 1. The fourth-order valence-electron chi connectivity index (χ4n) is 3.33. The Hall–Kier alpha value is -2.86. The number of carbonyl (C=O) groups excluding carboxylic acids is 1. The van der Waals surface area contributed by atoms with Gasteiger partial charge < -0.3 is 19.1 Å². The van der Waals surface area contributed by atoms with Gasteiger partial charge >= 0.3 is 0 Å². The number of benzene rings is 1. The minimum absolute atomic E-state index is 0.177. The van der Waals surface area contributed by atoms with Gasteiger partial charge in [-0.1, -0.05) is 18.2 Å². The number of aliphatic hydroxyl groups excluding tert-OH is 1. The summed E-state index contributed by atoms with van der Waals surface area (Å²) in [6, 6.07) is 13.0. The number of methoxy groups -OCH3 is 1. The first-order valence-electron chi connectivity index (χ1n) is 9.13. The smallest absolute Gasteiger partial charge is 0.274 e. The highest BCUT2D eigenvalue weighted by Gasteiger charge is 2.31. The van der Waals surface area contributed by atoms with E-state index < -0.39 is 6.10 Å². The van der Waals surface area contributed by atoms with Gasteiger partial charge in [0.1, 0.15) is 11.6 Å². The van der Waals surface area contributed by atoms with Crippen LogP contribution in [0.5, 0.6) is 5.75 Å². The second-order valence-electron chi connectivity index (χ2n) is 7.03. The monoisotopic (exact) mass is 365 g/mol. The number of ether oxygens (including phenoxy) is 1. The Balaban J connectivity index is 1.56. The lowest BCUT2D eigenvalue weighted by Crippen LogP contribution is -2.31. The maximum Gasteiger partial charge on any atom is 0.274 e. The van der Waals surface area contributed by atoms with Crippen molar-refractivity contribution in [1.82, 2.24) is 14.3 Å². The molecule has 4 rings (SSSR count). The van der Waals surface area contributed by atoms with Crippen molar-refractivity contribution in [3.8, 4) is 5.75 Å². The van der Waals surface area contributed by atoms with E-state index in [1.165, 1.54) is 4.90 Å². The standard InChI is InChI=1S/C21H23N3O3/c1-23(13-18(25)15-6-5-7-16(12-15)27-2)21(26)19-17-8-3-4-11-24(17)20(22-19)14-9-10-14/h3-8,11-12,14,18,25H,9-10,13H2,1-2H3. The van der Waals surface area contributed by atoms with Crippen LogP contribution in [0.1, 0.15) is 46.7 Å². The van der Waals surface area contributed by atoms with E-state index in [9.17, 15) is 9.90 Å². The van der Waals surface area contributed by atoms with Crippen molar-refractivity contribution in [2.45, 2.75) is 24.9 Å². The molecule has 1 aromatic carbocycles. The molecule has 2 heterocycles. The van der Waals surface area contributed by atoms with Crippen molar-refractivity contribution < 1.29 is 14.6 Å². The molecule has 0 aliphatic heterocycles. The molecule has 27 heavy (non-hydrogen) atoms. The molecule has 2 aromatic heterocycles. The van der Waals surface area contributed by atoms with Crippen LogP contribution >= 0.6 is 0 Å². The normalized spacial score (nSPS) is 14.9. The van der Waals surface area contributed by atoms with Gasteiger partial charge in [-0.25, -0.2) is 4.98 Å². The molecule has 1 fully saturated rings. The molecular formula is C21H23N3O3. The van der Waals surface area contributed by atoms with Crippen LogP contribution < -0.4 is 4.74 Å². The molecule has 3 aromatic rings. The van der Waals surface area contributed by atoms with E-state index in [4.69, 9.17) is 4.74 Å². The number of likely N-dealkylation sites (N-methyl/N-ethyl adjacent to an activating group) is 1. The Morgan fingerprint density at radius 1 is 1.33 bits per heavy atom. The molecule has 1 aliphatic carbocycles. The number of hydrogen-bond donors (Lipinski definition) is 1. The predicted octanol–water partition coefficient (Wildman–Crippen LogP) is 3.03. The Labute approximate surface area is 158 Å². The summed E-state index contributed by atoms with van der Waals surface area (Å²) in [5.41, 5.74) is 1.97. The van der Waals surface area contributed by atoms with Crippen LogP contribution in [0, 0.1) is 0 Å². The summed E-state index contributed by atoms with van der Waals surface area (Å²) in [6.45, 7) is 0.177. The molecule has 0 bridgehead atoms. The first-order valence-corrected chi connectivity index (χ1v) is 9.13. The summed E-state index contributed by atoms with van der Waals surface area (Å²) in [5.74, 6) is 1.88. The van der Waals surface area contributed by atoms with Crippen LogP contribution in [0.2, 0.25) is 0 Å². The van der Waals surface area contributed by atoms with Crippen molar-refractivity contribution in [3.63, 3.8) is 0 Å². The Morgan fingerprint density at radius 2 is 2.15 bits per heavy atom. The van der Waals surface area contributed by atoms with E-state index >= 15 is 0 Å². The minimum Gasteiger partial charge on any atom is -0.497 e. The topological polar surface area (TPSA) is 67.1 Å². The van der Waals surface area contributed by atoms with Crippen LogP contribution in [0.3, 0.4) is 0 Å². The number of pyridine rings is 1. The SMILES string of the molecule is COc1cccc(C(O)CN(C)C(=O)c2nc(C3CC3)n3ccccc23)c1. The molecule has 1 saturated carbocycles. The lowest BCUT2D eigenvalue weighted by atomic mass is 10.1. The van der Waals surface area contributed by atoms with E-state index in [-0.39, 0.29) is 12.5 Å². The van der Waals surface area contributed by atoms with Gasteiger partial charge in [0.15, 0.2) is 5.69 Å². The predicted molar refractivity (Wildman–Crippen MR) is 102 cm³/mol. The number of aromatic nitrogens is 2. The van der Waals surface area contributed by atoms with Crippen LogP contribution in [0.25, 0.3) is 5.52 Å². The summed E-state index contributed by atoms with van der Waals surface area (Å²) in [7, 11) is 3.28. The van der Waals surface area contributed by atoms with Gasteiger partial charge in [-0.2, -0.15) is 0 Å². The molecule has 0 radical (unpaired) electrons. The highest BCUT2D eigenvalue weighted by molar-refractivity contribution is 5.99. The molecule has 140 valence electrons. The van der Waals surface area contributed by atoms with Crippen LogP contribution in [0.4, 0.5) is 0 Å². The molecule has 6 nitrogen and oxygen atoms in total. The molecule has 6 heteroatoms. The number of imidazole rings is 1. The molecular weight excluding hydrogens is 342 g/mol. The second-order valence-corrected chi connectivity index (χ2v) is 7.03. The third kappa shape index (κ3) is 3.40. The Morgan fingerprint density at radius 3 is 2.89 bits per heavy atom. The molecule has 1 N–H and O–H groups in total. The van der Waals surface area contributed by atoms with Gasteiger partial charge in [0.25, 0.3) is 5.91 Å². The number of fused-ring (bicyclic) bond motifs is 1. The molecule has 1 atom stereocenters. The first kappa shape index (κ1) is 17.5. The number of nitrogens with zero attached hydrogens (tertiary/aromatic N) is 3. The van der Waals surface area contributed by atoms with Crippen LogP contribution in [-0.2, 0) is 0 Å². The van der Waals surface area contributed by atoms with Gasteiger partial charge in [-0.05, 0) is 42.7 Å². The second kappa shape index (κ2) is 7.04. The Kier molecular flexibility index (Phi) is 4.58. The number of rotatable bonds is 6. The van der Waals surface area contributed by atoms with E-state index in [0.717, 1.165) is 24.2 Å². The van der Waals surface area contributed by atoms with Crippen molar-refractivity contribution >= 4 is 11.4 Å². The summed E-state index contributed by atoms with van der Waals surface area (Å²) >= 11 is 0. The fraction of sp³-hybridized carbons (Fsp3) is 0.333. The fourth-order valence-corrected chi connectivity index (χ4v) is 3.33. The van der Waals surface area contributed by atoms with Crippen molar-refractivity contribution in [3.05, 3.63) is 65.7 Å². The largest absolute Gasteiger partial charge is 0.497 e. The zero-order valence-electron chi connectivity index (χ0n) is 15.5. The number of aliphatic hydroxyl groups is 1. The minimum atomic E-state index is -0.800. The summed E-state index contributed by atoms with van der Waals surface area (Å²) in [4.78, 5) is 19.2. The van der Waals surface area contributed by atoms with Gasteiger partial charge in [0, 0.05) is 19.2 Å². The van der Waals surface area contributed by atoms with E-state index in [2.05, 4.69) is 4.98 Å². The van der Waals surface area contributed by atoms with E-state index in [1.807, 2.05) is 47.0 Å². The van der Waals surface area contributed by atoms with Crippen LogP contribution in [0.15, 0.2) is 48.7 Å². The summed E-state index contributed by atoms with van der Waals surface area (Å²) < 4.78 is 7.21. The highest BCUT2D eigenvalue weighted by Crippen LogP contribution is 2.40. The zero-order chi connectivity index (χ0) is 19.0. The maximum absolute atomic E-state index is 13.0. The highest BCUT2D eigenvalue weighted by atomic mass is 16.5. The van der Waals surface area contributed by atoms with Crippen molar-refractivity contribution in [2.75, 3.05) is 20.7 Å². The zero-order valence-corrected chi connectivity index (χ0v) is 15.5. The third-order valence-corrected chi connectivity index (χ3v) is 4.99. The Bertz CT molecular complexity index is 978. The van der Waals surface area contributed by atoms with Crippen molar-refractivity contribution in [2.24, 2.45) is 0 Å². The average molecular weight is 365 g/mol. The maximum atomic E-state index is 13.0. The van der Waals surface area contributed by atoms with Crippen molar-refractivity contribution in [1.29, 1.82) is 0 Å². The molecule has 1 amide bonds. The molecule has 1 unspecified atom stereocenters. The molecule has 0 spiro atoms.